The van der Waals surface area contributed by atoms with E-state index in [0.717, 1.165) is 12.2 Å². The lowest BCUT2D eigenvalue weighted by Gasteiger charge is -2.31. The molecule has 0 spiro atoms. The molecule has 0 radical (unpaired) electrons. The second-order valence-electron chi connectivity index (χ2n) is 7.22. The third-order valence-corrected chi connectivity index (χ3v) is 7.08. The van der Waals surface area contributed by atoms with Crippen LogP contribution in [0.5, 0.6) is 0 Å². The second-order valence-corrected chi connectivity index (χ2v) is 8.34. The van der Waals surface area contributed by atoms with Gasteiger partial charge in [-0.1, -0.05) is 72.8 Å². The summed E-state index contributed by atoms with van der Waals surface area (Å²) in [5.74, 6) is 1.07. The third kappa shape index (κ3) is 2.66. The van der Waals surface area contributed by atoms with Gasteiger partial charge >= 0.3 is 0 Å². The topological polar surface area (TPSA) is 12.5 Å². The van der Waals surface area contributed by atoms with Crippen LogP contribution in [-0.2, 0) is 4.74 Å². The van der Waals surface area contributed by atoms with Crippen LogP contribution in [-0.4, -0.2) is 28.5 Å². The van der Waals surface area contributed by atoms with E-state index < -0.39 is 0 Å². The molecule has 0 N–H and O–H groups in total. The molecule has 128 valence electrons. The summed E-state index contributed by atoms with van der Waals surface area (Å²) in [6, 6.07) is 22.0. The molecule has 1 unspecified atom stereocenters. The van der Waals surface area contributed by atoms with E-state index in [1.807, 2.05) is 11.8 Å². The van der Waals surface area contributed by atoms with E-state index in [4.69, 9.17) is 4.74 Å². The highest BCUT2D eigenvalue weighted by Gasteiger charge is 2.58. The summed E-state index contributed by atoms with van der Waals surface area (Å²) >= 11 is 2.03. The van der Waals surface area contributed by atoms with Gasteiger partial charge in [-0.3, -0.25) is 4.90 Å². The van der Waals surface area contributed by atoms with Gasteiger partial charge in [-0.2, -0.15) is 0 Å². The number of benzene rings is 2. The molecule has 2 heterocycles. The molecule has 0 amide bonds. The summed E-state index contributed by atoms with van der Waals surface area (Å²) < 4.78 is 6.69. The average Bonchev–Trinajstić information content (AvgIpc) is 3.31. The van der Waals surface area contributed by atoms with Crippen molar-refractivity contribution in [1.82, 2.24) is 4.90 Å². The number of ether oxygens (including phenoxy) is 1. The standard InChI is InChI=1S/C22H23NOS/c1-3-8-17(9-4-1)13-15-22-14-7-12-19(22)23-20(24-22)16-25-21(23)18-10-5-2-6-11-18/h1-6,8-11,13,15,19-21H,7,12,14,16H2/b15-13+/t19-,20+,21-,22?/m1/s1. The zero-order valence-corrected chi connectivity index (χ0v) is 15.1. The first-order chi connectivity index (χ1) is 12.4. The van der Waals surface area contributed by atoms with Gasteiger partial charge in [-0.05, 0) is 30.4 Å². The molecule has 0 bridgehead atoms. The molecular formula is C22H23NOS. The van der Waals surface area contributed by atoms with Gasteiger partial charge in [0.15, 0.2) is 0 Å². The van der Waals surface area contributed by atoms with Gasteiger partial charge in [0, 0.05) is 11.8 Å². The maximum atomic E-state index is 6.69. The highest BCUT2D eigenvalue weighted by atomic mass is 32.2. The SMILES string of the molecule is C(=C\C12CCC[C@H]1N1[C@H](CS[C@@H]1c1ccccc1)O2)/c1ccccc1. The fraction of sp³-hybridized carbons (Fsp3) is 0.364. The van der Waals surface area contributed by atoms with Crippen molar-refractivity contribution >= 4 is 17.8 Å². The van der Waals surface area contributed by atoms with Crippen molar-refractivity contribution in [2.75, 3.05) is 5.75 Å². The minimum Gasteiger partial charge on any atom is -0.350 e. The van der Waals surface area contributed by atoms with E-state index in [1.165, 1.54) is 24.0 Å². The molecule has 3 heteroatoms. The van der Waals surface area contributed by atoms with Crippen LogP contribution in [0.15, 0.2) is 66.7 Å². The molecule has 4 atom stereocenters. The summed E-state index contributed by atoms with van der Waals surface area (Å²) in [7, 11) is 0. The van der Waals surface area contributed by atoms with E-state index in [2.05, 4.69) is 77.7 Å². The molecule has 25 heavy (non-hydrogen) atoms. The number of hydrogen-bond acceptors (Lipinski definition) is 3. The predicted octanol–water partition coefficient (Wildman–Crippen LogP) is 5.10. The van der Waals surface area contributed by atoms with Gasteiger partial charge in [-0.15, -0.1) is 11.8 Å². The summed E-state index contributed by atoms with van der Waals surface area (Å²) in [6.07, 6.45) is 8.48. The van der Waals surface area contributed by atoms with Crippen molar-refractivity contribution in [3.8, 4) is 0 Å². The van der Waals surface area contributed by atoms with E-state index in [9.17, 15) is 0 Å². The number of rotatable bonds is 3. The first kappa shape index (κ1) is 15.7. The molecule has 2 nitrogen and oxygen atoms in total. The molecule has 1 saturated carbocycles. The Hall–Kier alpha value is -1.55. The maximum Gasteiger partial charge on any atom is 0.122 e. The Kier molecular flexibility index (Phi) is 3.96. The summed E-state index contributed by atoms with van der Waals surface area (Å²) in [6.45, 7) is 0. The van der Waals surface area contributed by atoms with Gasteiger partial charge in [0.1, 0.15) is 11.8 Å². The minimum atomic E-state index is -0.103. The van der Waals surface area contributed by atoms with E-state index in [1.54, 1.807) is 0 Å². The van der Waals surface area contributed by atoms with E-state index in [0.29, 0.717) is 11.4 Å². The number of nitrogens with zero attached hydrogens (tertiary/aromatic N) is 1. The van der Waals surface area contributed by atoms with Crippen molar-refractivity contribution in [3.05, 3.63) is 77.9 Å². The van der Waals surface area contributed by atoms with Crippen molar-refractivity contribution in [2.45, 2.75) is 42.5 Å². The smallest absolute Gasteiger partial charge is 0.122 e. The van der Waals surface area contributed by atoms with Gasteiger partial charge < -0.3 is 4.74 Å². The first-order valence-corrected chi connectivity index (χ1v) is 10.3. The Morgan fingerprint density at radius 3 is 2.60 bits per heavy atom. The summed E-state index contributed by atoms with van der Waals surface area (Å²) in [5, 5.41) is 0.432. The van der Waals surface area contributed by atoms with Gasteiger partial charge in [-0.25, -0.2) is 0 Å². The monoisotopic (exact) mass is 349 g/mol. The fourth-order valence-corrected chi connectivity index (χ4v) is 6.04. The normalized spacial score (nSPS) is 34.5. The lowest BCUT2D eigenvalue weighted by atomic mass is 9.95. The Balaban J connectivity index is 1.45. The maximum absolute atomic E-state index is 6.69. The van der Waals surface area contributed by atoms with Crippen molar-refractivity contribution < 1.29 is 4.74 Å². The molecule has 2 aromatic rings. The van der Waals surface area contributed by atoms with Crippen LogP contribution >= 0.6 is 11.8 Å². The number of fused-ring (bicyclic) bond motifs is 3. The minimum absolute atomic E-state index is 0.103. The summed E-state index contributed by atoms with van der Waals surface area (Å²) in [4.78, 5) is 2.66. The Bertz CT molecular complexity index is 762. The Labute approximate surface area is 153 Å². The van der Waals surface area contributed by atoms with Crippen LogP contribution in [0.3, 0.4) is 0 Å². The van der Waals surface area contributed by atoms with Crippen LogP contribution in [0.2, 0.25) is 0 Å². The lowest BCUT2D eigenvalue weighted by Crippen LogP contribution is -2.40. The van der Waals surface area contributed by atoms with Crippen molar-refractivity contribution in [3.63, 3.8) is 0 Å². The van der Waals surface area contributed by atoms with Crippen molar-refractivity contribution in [1.29, 1.82) is 0 Å². The molecule has 2 aromatic carbocycles. The fourth-order valence-electron chi connectivity index (χ4n) is 4.65. The highest BCUT2D eigenvalue weighted by Crippen LogP contribution is 2.55. The average molecular weight is 349 g/mol. The molecule has 3 aliphatic rings. The van der Waals surface area contributed by atoms with Gasteiger partial charge in [0.25, 0.3) is 0 Å². The van der Waals surface area contributed by atoms with Gasteiger partial charge in [0.2, 0.25) is 0 Å². The highest BCUT2D eigenvalue weighted by molar-refractivity contribution is 7.99. The van der Waals surface area contributed by atoms with Crippen LogP contribution < -0.4 is 0 Å². The molecule has 0 aromatic heterocycles. The molecular weight excluding hydrogens is 326 g/mol. The lowest BCUT2D eigenvalue weighted by molar-refractivity contribution is -0.0179. The first-order valence-electron chi connectivity index (χ1n) is 9.22. The molecule has 2 saturated heterocycles. The number of hydrogen-bond donors (Lipinski definition) is 0. The third-order valence-electron chi connectivity index (χ3n) is 5.77. The van der Waals surface area contributed by atoms with Crippen LogP contribution in [0.1, 0.15) is 35.8 Å². The predicted molar refractivity (Wildman–Crippen MR) is 104 cm³/mol. The van der Waals surface area contributed by atoms with Crippen LogP contribution in [0, 0.1) is 0 Å². The summed E-state index contributed by atoms with van der Waals surface area (Å²) in [5.41, 5.74) is 2.56. The van der Waals surface area contributed by atoms with E-state index in [-0.39, 0.29) is 11.8 Å². The zero-order valence-electron chi connectivity index (χ0n) is 14.3. The van der Waals surface area contributed by atoms with Crippen LogP contribution in [0.25, 0.3) is 6.08 Å². The molecule has 3 fully saturated rings. The second kappa shape index (κ2) is 6.31. The Morgan fingerprint density at radius 2 is 1.80 bits per heavy atom. The van der Waals surface area contributed by atoms with E-state index >= 15 is 0 Å². The Morgan fingerprint density at radius 1 is 1.04 bits per heavy atom. The largest absolute Gasteiger partial charge is 0.350 e. The van der Waals surface area contributed by atoms with Crippen LogP contribution in [0.4, 0.5) is 0 Å². The zero-order chi connectivity index (χ0) is 16.7. The van der Waals surface area contributed by atoms with Gasteiger partial charge in [0.05, 0.1) is 5.37 Å². The quantitative estimate of drug-likeness (QED) is 0.765. The number of thioether (sulfide) groups is 1. The molecule has 1 aliphatic carbocycles. The van der Waals surface area contributed by atoms with Crippen molar-refractivity contribution in [2.24, 2.45) is 0 Å². The molecule has 2 aliphatic heterocycles. The molecule has 5 rings (SSSR count).